The summed E-state index contributed by atoms with van der Waals surface area (Å²) in [4.78, 5) is 11.6. The molecule has 148 valence electrons. The minimum atomic E-state index is -4.57. The standard InChI is InChI=1S/C16H22F3NO5S/c1-15(2,3)24-14(21)20-9-8-13(25-26(4,22)23)11-6-5-7-12(10-11)16(17,18)19/h5-7,10,13H,8-9H2,1-4H3,(H,20,21)/t13-/m0/s1. The third-order valence-electron chi connectivity index (χ3n) is 2.95. The highest BCUT2D eigenvalue weighted by atomic mass is 32.2. The molecule has 0 spiro atoms. The van der Waals surface area contributed by atoms with E-state index in [0.717, 1.165) is 24.5 Å². The molecule has 0 heterocycles. The molecular formula is C16H22F3NO5S. The summed E-state index contributed by atoms with van der Waals surface area (Å²) in [6.45, 7) is 4.96. The van der Waals surface area contributed by atoms with E-state index in [-0.39, 0.29) is 18.5 Å². The molecule has 1 amide bonds. The van der Waals surface area contributed by atoms with Crippen LogP contribution in [0.4, 0.5) is 18.0 Å². The first-order valence-corrected chi connectivity index (χ1v) is 9.51. The number of halogens is 3. The highest BCUT2D eigenvalue weighted by Crippen LogP contribution is 2.32. The molecule has 0 fully saturated rings. The zero-order valence-corrected chi connectivity index (χ0v) is 15.7. The van der Waals surface area contributed by atoms with Gasteiger partial charge in [-0.05, 0) is 44.9 Å². The summed E-state index contributed by atoms with van der Waals surface area (Å²) < 4.78 is 71.3. The number of hydrogen-bond acceptors (Lipinski definition) is 5. The number of ether oxygens (including phenoxy) is 1. The minimum Gasteiger partial charge on any atom is -0.444 e. The fourth-order valence-electron chi connectivity index (χ4n) is 2.02. The van der Waals surface area contributed by atoms with E-state index in [1.54, 1.807) is 20.8 Å². The van der Waals surface area contributed by atoms with E-state index in [0.29, 0.717) is 0 Å². The second-order valence-corrected chi connectivity index (χ2v) is 8.23. The summed E-state index contributed by atoms with van der Waals surface area (Å²) >= 11 is 0. The molecule has 1 rings (SSSR count). The summed E-state index contributed by atoms with van der Waals surface area (Å²) in [5, 5.41) is 2.41. The predicted octanol–water partition coefficient (Wildman–Crippen LogP) is 3.64. The molecule has 6 nitrogen and oxygen atoms in total. The fraction of sp³-hybridized carbons (Fsp3) is 0.562. The van der Waals surface area contributed by atoms with Crippen molar-refractivity contribution in [2.24, 2.45) is 0 Å². The zero-order valence-electron chi connectivity index (χ0n) is 14.9. The first-order chi connectivity index (χ1) is 11.7. The van der Waals surface area contributed by atoms with Gasteiger partial charge in [0.05, 0.1) is 11.8 Å². The van der Waals surface area contributed by atoms with Crippen LogP contribution >= 0.6 is 0 Å². The molecule has 0 unspecified atom stereocenters. The van der Waals surface area contributed by atoms with Crippen LogP contribution in [0.1, 0.15) is 44.4 Å². The van der Waals surface area contributed by atoms with Crippen LogP contribution in [0.15, 0.2) is 24.3 Å². The molecule has 1 aromatic rings. The van der Waals surface area contributed by atoms with E-state index in [9.17, 15) is 26.4 Å². The number of hydrogen-bond donors (Lipinski definition) is 1. The van der Waals surface area contributed by atoms with Gasteiger partial charge < -0.3 is 10.1 Å². The van der Waals surface area contributed by atoms with Gasteiger partial charge >= 0.3 is 12.3 Å². The third kappa shape index (κ3) is 8.52. The van der Waals surface area contributed by atoms with Crippen molar-refractivity contribution in [2.75, 3.05) is 12.8 Å². The molecule has 0 bridgehead atoms. The lowest BCUT2D eigenvalue weighted by atomic mass is 10.0. The lowest BCUT2D eigenvalue weighted by Gasteiger charge is -2.21. The molecule has 0 saturated heterocycles. The Hall–Kier alpha value is -1.81. The van der Waals surface area contributed by atoms with Crippen molar-refractivity contribution < 1.29 is 35.3 Å². The van der Waals surface area contributed by atoms with E-state index in [1.165, 1.54) is 6.07 Å². The normalized spacial score (nSPS) is 14.0. The molecule has 10 heteroatoms. The molecule has 0 aliphatic carbocycles. The Morgan fingerprint density at radius 2 is 1.85 bits per heavy atom. The number of alkyl carbamates (subject to hydrolysis) is 1. The molecule has 0 saturated carbocycles. The van der Waals surface area contributed by atoms with Gasteiger partial charge in [-0.2, -0.15) is 21.6 Å². The van der Waals surface area contributed by atoms with Gasteiger partial charge in [0.2, 0.25) is 0 Å². The van der Waals surface area contributed by atoms with Crippen molar-refractivity contribution in [1.29, 1.82) is 0 Å². The molecular weight excluding hydrogens is 375 g/mol. The van der Waals surface area contributed by atoms with E-state index in [2.05, 4.69) is 5.32 Å². The van der Waals surface area contributed by atoms with Gasteiger partial charge in [0.1, 0.15) is 11.7 Å². The quantitative estimate of drug-likeness (QED) is 0.741. The maximum Gasteiger partial charge on any atom is 0.416 e. The van der Waals surface area contributed by atoms with Crippen LogP contribution in [0, 0.1) is 0 Å². The van der Waals surface area contributed by atoms with Crippen molar-refractivity contribution in [3.63, 3.8) is 0 Å². The average molecular weight is 397 g/mol. The van der Waals surface area contributed by atoms with Crippen LogP contribution in [0.5, 0.6) is 0 Å². The zero-order chi connectivity index (χ0) is 20.2. The van der Waals surface area contributed by atoms with E-state index < -0.39 is 39.7 Å². The van der Waals surface area contributed by atoms with Crippen LogP contribution < -0.4 is 5.32 Å². The largest absolute Gasteiger partial charge is 0.444 e. The predicted molar refractivity (Wildman–Crippen MR) is 89.0 cm³/mol. The van der Waals surface area contributed by atoms with E-state index >= 15 is 0 Å². The number of amides is 1. The molecule has 1 aromatic carbocycles. The SMILES string of the molecule is CC(C)(C)OC(=O)NCC[C@H](OS(C)(=O)=O)c1cccc(C(F)(F)F)c1. The number of alkyl halides is 3. The Kier molecular flexibility index (Phi) is 7.06. The van der Waals surface area contributed by atoms with Gasteiger partial charge in [0, 0.05) is 6.54 Å². The van der Waals surface area contributed by atoms with Crippen LogP contribution in [0.2, 0.25) is 0 Å². The number of carbonyl (C=O) groups is 1. The van der Waals surface area contributed by atoms with Gasteiger partial charge in [-0.3, -0.25) is 4.18 Å². The van der Waals surface area contributed by atoms with Crippen LogP contribution in [-0.4, -0.2) is 32.9 Å². The van der Waals surface area contributed by atoms with Gasteiger partial charge in [-0.1, -0.05) is 12.1 Å². The second kappa shape index (κ2) is 8.26. The Labute approximate surface area is 150 Å². The molecule has 26 heavy (non-hydrogen) atoms. The maximum absolute atomic E-state index is 12.9. The summed E-state index contributed by atoms with van der Waals surface area (Å²) in [7, 11) is -3.92. The number of carbonyl (C=O) groups excluding carboxylic acids is 1. The van der Waals surface area contributed by atoms with E-state index in [1.807, 2.05) is 0 Å². The second-order valence-electron chi connectivity index (χ2n) is 6.63. The molecule has 1 N–H and O–H groups in total. The molecule has 1 atom stereocenters. The summed E-state index contributed by atoms with van der Waals surface area (Å²) in [5.41, 5.74) is -1.60. The highest BCUT2D eigenvalue weighted by molar-refractivity contribution is 7.86. The van der Waals surface area contributed by atoms with Gasteiger partial charge in [-0.25, -0.2) is 4.79 Å². The molecule has 0 aromatic heterocycles. The van der Waals surface area contributed by atoms with Crippen LogP contribution in [-0.2, 0) is 25.2 Å². The summed E-state index contributed by atoms with van der Waals surface area (Å²) in [6.07, 6.45) is -5.73. The fourth-order valence-corrected chi connectivity index (χ4v) is 2.65. The number of rotatable bonds is 6. The monoisotopic (exact) mass is 397 g/mol. The number of benzene rings is 1. The average Bonchev–Trinajstić information content (AvgIpc) is 2.42. The van der Waals surface area contributed by atoms with E-state index in [4.69, 9.17) is 8.92 Å². The van der Waals surface area contributed by atoms with Crippen molar-refractivity contribution in [3.05, 3.63) is 35.4 Å². The lowest BCUT2D eigenvalue weighted by molar-refractivity contribution is -0.137. The third-order valence-corrected chi connectivity index (χ3v) is 3.53. The Balaban J connectivity index is 2.88. The van der Waals surface area contributed by atoms with Crippen molar-refractivity contribution in [1.82, 2.24) is 5.32 Å². The van der Waals surface area contributed by atoms with Crippen molar-refractivity contribution in [2.45, 2.75) is 45.1 Å². The van der Waals surface area contributed by atoms with Gasteiger partial charge in [0.15, 0.2) is 0 Å². The lowest BCUT2D eigenvalue weighted by Crippen LogP contribution is -2.33. The van der Waals surface area contributed by atoms with Crippen LogP contribution in [0.3, 0.4) is 0 Å². The molecule has 0 aliphatic heterocycles. The maximum atomic E-state index is 12.9. The Morgan fingerprint density at radius 3 is 2.35 bits per heavy atom. The van der Waals surface area contributed by atoms with Crippen molar-refractivity contribution in [3.8, 4) is 0 Å². The molecule has 0 aliphatic rings. The minimum absolute atomic E-state index is 0.0382. The number of nitrogens with one attached hydrogen (secondary N) is 1. The summed E-state index contributed by atoms with van der Waals surface area (Å²) in [6, 6.07) is 4.19. The Bertz CT molecular complexity index is 726. The summed E-state index contributed by atoms with van der Waals surface area (Å²) in [5.74, 6) is 0. The molecule has 0 radical (unpaired) electrons. The van der Waals surface area contributed by atoms with Gasteiger partial charge in [0.25, 0.3) is 10.1 Å². The smallest absolute Gasteiger partial charge is 0.416 e. The van der Waals surface area contributed by atoms with Gasteiger partial charge in [-0.15, -0.1) is 0 Å². The Morgan fingerprint density at radius 1 is 1.23 bits per heavy atom. The first-order valence-electron chi connectivity index (χ1n) is 7.70. The topological polar surface area (TPSA) is 81.7 Å². The highest BCUT2D eigenvalue weighted by Gasteiger charge is 2.31. The van der Waals surface area contributed by atoms with Crippen LogP contribution in [0.25, 0.3) is 0 Å². The van der Waals surface area contributed by atoms with Crippen molar-refractivity contribution >= 4 is 16.2 Å². The first kappa shape index (κ1) is 22.2.